The molecule has 0 bridgehead atoms. The molecule has 2 amide bonds. The maximum atomic E-state index is 12.8. The number of aryl methyl sites for hydroxylation is 1. The number of nitrogens with one attached hydrogen (secondary N) is 1. The average Bonchev–Trinajstić information content (AvgIpc) is 3.17. The van der Waals surface area contributed by atoms with Gasteiger partial charge in [-0.2, -0.15) is 13.2 Å². The van der Waals surface area contributed by atoms with E-state index in [1.807, 2.05) is 39.0 Å². The number of aliphatic hydroxyl groups excluding tert-OH is 1. The molecular weight excluding hydrogens is 577 g/mol. The Morgan fingerprint density at radius 2 is 1.86 bits per heavy atom. The Hall–Kier alpha value is -3.46. The Labute approximate surface area is 242 Å². The van der Waals surface area contributed by atoms with Gasteiger partial charge in [-0.15, -0.1) is 11.3 Å². The quantitative estimate of drug-likeness (QED) is 0.372. The van der Waals surface area contributed by atoms with Crippen molar-refractivity contribution in [1.82, 2.24) is 20.2 Å². The molecule has 3 fully saturated rings. The first kappa shape index (κ1) is 30.0. The molecule has 0 spiro atoms. The number of carbonyl (C=O) groups is 3. The fourth-order valence-electron chi connectivity index (χ4n) is 5.70. The number of halogens is 3. The number of pyridine rings is 2. The molecule has 3 aromatic heterocycles. The van der Waals surface area contributed by atoms with Crippen LogP contribution in [0, 0.1) is 24.2 Å². The van der Waals surface area contributed by atoms with Gasteiger partial charge in [0.15, 0.2) is 0 Å². The number of amides is 2. The number of aliphatic hydroxyl groups is 1. The van der Waals surface area contributed by atoms with E-state index in [-0.39, 0.29) is 41.7 Å². The number of aliphatic carboxylic acids is 1. The zero-order valence-corrected chi connectivity index (χ0v) is 23.8. The predicted octanol–water partition coefficient (Wildman–Crippen LogP) is 3.46. The Morgan fingerprint density at radius 1 is 1.21 bits per heavy atom. The van der Waals surface area contributed by atoms with Gasteiger partial charge < -0.3 is 20.3 Å². The topological polar surface area (TPSA) is 142 Å². The molecule has 42 heavy (non-hydrogen) atoms. The summed E-state index contributed by atoms with van der Waals surface area (Å²) in [5.74, 6) is -3.26. The number of carboxylic acids is 1. The van der Waals surface area contributed by atoms with E-state index in [0.717, 1.165) is 38.3 Å². The summed E-state index contributed by atoms with van der Waals surface area (Å²) in [6.07, 6.45) is -2.79. The van der Waals surface area contributed by atoms with E-state index < -0.39 is 18.2 Å². The molecule has 3 aromatic rings. The highest BCUT2D eigenvalue weighted by molar-refractivity contribution is 7.19. The van der Waals surface area contributed by atoms with Crippen molar-refractivity contribution >= 4 is 39.3 Å². The van der Waals surface area contributed by atoms with Crippen molar-refractivity contribution in [2.75, 3.05) is 19.7 Å². The predicted molar refractivity (Wildman–Crippen MR) is 145 cm³/mol. The van der Waals surface area contributed by atoms with Crippen LogP contribution in [0.15, 0.2) is 30.6 Å². The van der Waals surface area contributed by atoms with Crippen molar-refractivity contribution < 1.29 is 42.5 Å². The van der Waals surface area contributed by atoms with E-state index in [1.54, 1.807) is 12.4 Å². The Bertz CT molecular complexity index is 1530. The van der Waals surface area contributed by atoms with Crippen LogP contribution < -0.4 is 5.32 Å². The molecular formula is C28H29F3N4O6S. The van der Waals surface area contributed by atoms with Gasteiger partial charge in [-0.25, -0.2) is 4.79 Å². The van der Waals surface area contributed by atoms with E-state index in [4.69, 9.17) is 14.6 Å². The lowest BCUT2D eigenvalue weighted by atomic mass is 9.94. The van der Waals surface area contributed by atoms with Crippen LogP contribution in [-0.2, 0) is 25.7 Å². The minimum atomic E-state index is -5.08. The summed E-state index contributed by atoms with van der Waals surface area (Å²) in [5, 5.41) is 21.7. The smallest absolute Gasteiger partial charge is 0.475 e. The number of morpholine rings is 1. The van der Waals surface area contributed by atoms with Crippen LogP contribution in [0.1, 0.15) is 36.0 Å². The summed E-state index contributed by atoms with van der Waals surface area (Å²) in [6, 6.07) is 5.75. The molecule has 224 valence electrons. The Kier molecular flexibility index (Phi) is 7.85. The van der Waals surface area contributed by atoms with Gasteiger partial charge >= 0.3 is 12.1 Å². The van der Waals surface area contributed by atoms with E-state index in [9.17, 15) is 27.9 Å². The number of alkyl halides is 3. The lowest BCUT2D eigenvalue weighted by Crippen LogP contribution is -2.42. The van der Waals surface area contributed by atoms with Gasteiger partial charge in [-0.1, -0.05) is 13.8 Å². The number of carboxylic acid groups (broad SMARTS) is 1. The highest BCUT2D eigenvalue weighted by Crippen LogP contribution is 2.63. The van der Waals surface area contributed by atoms with Gasteiger partial charge in [0.05, 0.1) is 40.9 Å². The van der Waals surface area contributed by atoms with E-state index in [1.165, 1.54) is 16.2 Å². The Morgan fingerprint density at radius 3 is 2.45 bits per heavy atom. The number of carbonyl (C=O) groups excluding carboxylic acids is 2. The number of likely N-dealkylation sites (tertiary alicyclic amines) is 1. The number of nitrogens with zero attached hydrogens (tertiary/aromatic N) is 3. The molecule has 6 rings (SSSR count). The summed E-state index contributed by atoms with van der Waals surface area (Å²) >= 11 is 1.51. The molecule has 14 heteroatoms. The van der Waals surface area contributed by atoms with Crippen LogP contribution in [0.5, 0.6) is 0 Å². The molecule has 0 radical (unpaired) electrons. The Balaban J connectivity index is 0.000000451. The van der Waals surface area contributed by atoms with Crippen molar-refractivity contribution in [1.29, 1.82) is 0 Å². The van der Waals surface area contributed by atoms with Crippen molar-refractivity contribution in [2.24, 2.45) is 17.3 Å². The van der Waals surface area contributed by atoms with Crippen molar-refractivity contribution in [3.63, 3.8) is 0 Å². The number of imide groups is 1. The first-order chi connectivity index (χ1) is 19.7. The zero-order chi connectivity index (χ0) is 30.6. The average molecular weight is 607 g/mol. The van der Waals surface area contributed by atoms with Crippen LogP contribution in [0.2, 0.25) is 0 Å². The lowest BCUT2D eigenvalue weighted by Gasteiger charge is -2.29. The van der Waals surface area contributed by atoms with Gasteiger partial charge in [0.1, 0.15) is 12.2 Å². The minimum Gasteiger partial charge on any atom is -0.475 e. The van der Waals surface area contributed by atoms with Crippen molar-refractivity contribution in [2.45, 2.75) is 45.7 Å². The number of thiophene rings is 1. The fourth-order valence-corrected chi connectivity index (χ4v) is 6.82. The molecule has 0 aromatic carbocycles. The number of fused-ring (bicyclic) bond motifs is 2. The summed E-state index contributed by atoms with van der Waals surface area (Å²) in [4.78, 5) is 46.1. The monoisotopic (exact) mass is 606 g/mol. The number of piperidine rings is 1. The molecule has 1 aliphatic carbocycles. The zero-order valence-electron chi connectivity index (χ0n) is 22.9. The summed E-state index contributed by atoms with van der Waals surface area (Å²) in [6.45, 7) is 8.10. The second-order valence-corrected chi connectivity index (χ2v) is 12.2. The first-order valence-electron chi connectivity index (χ1n) is 13.2. The molecule has 2 saturated heterocycles. The minimum absolute atomic E-state index is 0.0671. The van der Waals surface area contributed by atoms with Crippen molar-refractivity contribution in [3.8, 4) is 11.3 Å². The van der Waals surface area contributed by atoms with E-state index in [0.29, 0.717) is 18.8 Å². The third-order valence-electron chi connectivity index (χ3n) is 7.98. The highest BCUT2D eigenvalue weighted by atomic mass is 32.1. The molecule has 10 nitrogen and oxygen atoms in total. The van der Waals surface area contributed by atoms with Gasteiger partial charge in [-0.3, -0.25) is 24.5 Å². The molecule has 3 aliphatic rings. The van der Waals surface area contributed by atoms with Crippen LogP contribution >= 0.6 is 11.3 Å². The number of hydrogen-bond acceptors (Lipinski definition) is 9. The summed E-state index contributed by atoms with van der Waals surface area (Å²) < 4.78 is 38.5. The normalized spacial score (nSPS) is 23.8. The van der Waals surface area contributed by atoms with Gasteiger partial charge in [0.25, 0.3) is 0 Å². The van der Waals surface area contributed by atoms with Crippen LogP contribution in [-0.4, -0.2) is 74.8 Å². The van der Waals surface area contributed by atoms with Crippen LogP contribution in [0.3, 0.4) is 0 Å². The maximum absolute atomic E-state index is 12.8. The molecule has 5 heterocycles. The second kappa shape index (κ2) is 11.0. The summed E-state index contributed by atoms with van der Waals surface area (Å²) in [5.41, 5.74) is 3.82. The second-order valence-electron chi connectivity index (χ2n) is 11.1. The number of aromatic nitrogens is 2. The lowest BCUT2D eigenvalue weighted by molar-refractivity contribution is -0.192. The summed E-state index contributed by atoms with van der Waals surface area (Å²) in [7, 11) is 0. The van der Waals surface area contributed by atoms with E-state index >= 15 is 0 Å². The molecule has 4 atom stereocenters. The standard InChI is InChI=1S/C26H28N4O4S.C2HF3O2/c1-13-4-6-29-21(18(13)22(31)17-11-27-8-9-34-17)15-5-7-28-16-10-14(35-23(15)16)12-30-24(32)19-20(25(30)33)26(19,2)3;3-2(4,5)1(6)7/h4-7,10,17,19-20,22,27,31H,8-9,11-12H2,1-3H3;(H,6,7)/t17-,19?,20?,22?;/m0./s1. The largest absolute Gasteiger partial charge is 0.490 e. The van der Waals surface area contributed by atoms with Crippen LogP contribution in [0.4, 0.5) is 13.2 Å². The SMILES string of the molecule is Cc1ccnc(-c2ccnc3cc(CN4C(=O)C5C(C4=O)C5(C)C)sc23)c1C(O)[C@@H]1CNCCO1.O=C(O)C(F)(F)F. The number of rotatable bonds is 5. The fraction of sp³-hybridized carbons (Fsp3) is 0.464. The molecule has 3 N–H and O–H groups in total. The molecule has 1 saturated carbocycles. The highest BCUT2D eigenvalue weighted by Gasteiger charge is 2.72. The molecule has 2 aliphatic heterocycles. The van der Waals surface area contributed by atoms with Crippen molar-refractivity contribution in [3.05, 3.63) is 46.6 Å². The molecule has 3 unspecified atom stereocenters. The van der Waals surface area contributed by atoms with Crippen LogP contribution in [0.25, 0.3) is 21.5 Å². The van der Waals surface area contributed by atoms with Gasteiger partial charge in [0, 0.05) is 41.5 Å². The van der Waals surface area contributed by atoms with E-state index in [2.05, 4.69) is 15.3 Å². The number of hydrogen-bond donors (Lipinski definition) is 3. The van der Waals surface area contributed by atoms with Gasteiger partial charge in [0.2, 0.25) is 11.8 Å². The maximum Gasteiger partial charge on any atom is 0.490 e. The first-order valence-corrected chi connectivity index (χ1v) is 14.0. The number of ether oxygens (including phenoxy) is 1. The van der Waals surface area contributed by atoms with Gasteiger partial charge in [-0.05, 0) is 36.1 Å². The third kappa shape index (κ3) is 5.39. The third-order valence-corrected chi connectivity index (χ3v) is 9.12.